The minimum atomic E-state index is -1.21. The van der Waals surface area contributed by atoms with Gasteiger partial charge in [0, 0.05) is 6.42 Å². The van der Waals surface area contributed by atoms with Crippen molar-refractivity contribution in [2.75, 3.05) is 6.54 Å². The van der Waals surface area contributed by atoms with Gasteiger partial charge in [-0.05, 0) is 67.6 Å². The second-order valence-corrected chi connectivity index (χ2v) is 8.67. The van der Waals surface area contributed by atoms with Crippen LogP contribution in [0.25, 0.3) is 0 Å². The number of phenols is 2. The van der Waals surface area contributed by atoms with E-state index in [2.05, 4.69) is 20.8 Å². The van der Waals surface area contributed by atoms with Crippen LogP contribution in [0.2, 0.25) is 0 Å². The summed E-state index contributed by atoms with van der Waals surface area (Å²) >= 11 is 0. The molecule has 0 saturated carbocycles. The van der Waals surface area contributed by atoms with Crippen molar-refractivity contribution >= 4 is 12.0 Å². The maximum absolute atomic E-state index is 12.7. The molecule has 0 bridgehead atoms. The Kier molecular flexibility index (Phi) is 9.81. The number of carbonyl (C=O) groups excluding carboxylic acids is 1. The van der Waals surface area contributed by atoms with Crippen LogP contribution in [-0.4, -0.2) is 50.1 Å². The molecule has 0 aliphatic rings. The molecular formula is C25H32N6O6. The van der Waals surface area contributed by atoms with Crippen LogP contribution >= 0.6 is 0 Å². The summed E-state index contributed by atoms with van der Waals surface area (Å²) in [6.07, 6.45) is 2.23. The standard InChI is InChI=1S/C25H32N6O6/c26-12-2-1-3-20(23-31-30-22(37-23)19(27)13-15-4-8-17(32)9-5-15)28-25(36)29-21(24(34)35)14-16-6-10-18(33)11-7-16/h4-11,19-21,32-33H,1-3,12-14,26-27H2,(H,34,35)(H2,28,29,36)/t19-,20-,21-/m0/s1. The molecule has 0 spiro atoms. The van der Waals surface area contributed by atoms with E-state index in [1.807, 2.05) is 0 Å². The van der Waals surface area contributed by atoms with Crippen molar-refractivity contribution in [1.29, 1.82) is 0 Å². The Labute approximate surface area is 213 Å². The van der Waals surface area contributed by atoms with Crippen LogP contribution in [0.4, 0.5) is 4.79 Å². The zero-order chi connectivity index (χ0) is 26.8. The summed E-state index contributed by atoms with van der Waals surface area (Å²) in [5, 5.41) is 41.7. The van der Waals surface area contributed by atoms with Crippen molar-refractivity contribution in [1.82, 2.24) is 20.8 Å². The maximum Gasteiger partial charge on any atom is 0.326 e. The monoisotopic (exact) mass is 512 g/mol. The van der Waals surface area contributed by atoms with Crippen LogP contribution in [0.3, 0.4) is 0 Å². The number of rotatable bonds is 13. The van der Waals surface area contributed by atoms with Gasteiger partial charge in [0.25, 0.3) is 0 Å². The van der Waals surface area contributed by atoms with Gasteiger partial charge in [-0.25, -0.2) is 9.59 Å². The van der Waals surface area contributed by atoms with Crippen LogP contribution in [0.5, 0.6) is 11.5 Å². The zero-order valence-electron chi connectivity index (χ0n) is 20.2. The molecule has 1 aromatic heterocycles. The third kappa shape index (κ3) is 8.47. The van der Waals surface area contributed by atoms with Crippen molar-refractivity contribution in [3.05, 3.63) is 71.4 Å². The number of benzene rings is 2. The number of nitrogens with two attached hydrogens (primary N) is 2. The summed E-state index contributed by atoms with van der Waals surface area (Å²) in [6, 6.07) is 9.46. The van der Waals surface area contributed by atoms with Gasteiger partial charge >= 0.3 is 12.0 Å². The first-order chi connectivity index (χ1) is 17.7. The van der Waals surface area contributed by atoms with Gasteiger partial charge in [0.2, 0.25) is 11.8 Å². The Morgan fingerprint density at radius 1 is 0.865 bits per heavy atom. The molecule has 0 fully saturated rings. The Morgan fingerprint density at radius 3 is 2.00 bits per heavy atom. The number of carboxylic acids is 1. The minimum Gasteiger partial charge on any atom is -0.508 e. The molecule has 2 aromatic carbocycles. The van der Waals surface area contributed by atoms with E-state index in [0.29, 0.717) is 37.8 Å². The van der Waals surface area contributed by atoms with Gasteiger partial charge in [-0.15, -0.1) is 10.2 Å². The number of carboxylic acid groups (broad SMARTS) is 1. The molecule has 12 heteroatoms. The molecule has 0 aliphatic heterocycles. The average Bonchev–Trinajstić information content (AvgIpc) is 3.36. The van der Waals surface area contributed by atoms with Gasteiger partial charge < -0.3 is 41.8 Å². The Bertz CT molecular complexity index is 1150. The molecule has 2 amide bonds. The number of urea groups is 1. The normalized spacial score (nSPS) is 13.5. The van der Waals surface area contributed by atoms with Crippen LogP contribution in [0.1, 0.15) is 54.3 Å². The summed E-state index contributed by atoms with van der Waals surface area (Å²) in [7, 11) is 0. The molecule has 3 rings (SSSR count). The topological polar surface area (TPSA) is 210 Å². The van der Waals surface area contributed by atoms with Crippen LogP contribution in [0.15, 0.2) is 52.9 Å². The van der Waals surface area contributed by atoms with E-state index in [4.69, 9.17) is 15.9 Å². The lowest BCUT2D eigenvalue weighted by molar-refractivity contribution is -0.139. The fourth-order valence-electron chi connectivity index (χ4n) is 3.69. The lowest BCUT2D eigenvalue weighted by Crippen LogP contribution is -2.48. The number of amides is 2. The van der Waals surface area contributed by atoms with E-state index >= 15 is 0 Å². The summed E-state index contributed by atoms with van der Waals surface area (Å²) in [4.78, 5) is 24.5. The lowest BCUT2D eigenvalue weighted by atomic mass is 10.1. The third-order valence-electron chi connectivity index (χ3n) is 5.70. The van der Waals surface area contributed by atoms with Crippen LogP contribution < -0.4 is 22.1 Å². The lowest BCUT2D eigenvalue weighted by Gasteiger charge is -2.19. The average molecular weight is 513 g/mol. The first-order valence-electron chi connectivity index (χ1n) is 11.9. The summed E-state index contributed by atoms with van der Waals surface area (Å²) in [5.41, 5.74) is 13.3. The Balaban J connectivity index is 1.67. The highest BCUT2D eigenvalue weighted by atomic mass is 16.4. The number of hydrogen-bond acceptors (Lipinski definition) is 9. The van der Waals surface area contributed by atoms with Gasteiger partial charge in [-0.2, -0.15) is 0 Å². The minimum absolute atomic E-state index is 0.0255. The van der Waals surface area contributed by atoms with Crippen molar-refractivity contribution in [3.8, 4) is 11.5 Å². The van der Waals surface area contributed by atoms with E-state index in [9.17, 15) is 24.9 Å². The molecule has 3 atom stereocenters. The van der Waals surface area contributed by atoms with Crippen molar-refractivity contribution in [2.24, 2.45) is 11.5 Å². The highest BCUT2D eigenvalue weighted by Crippen LogP contribution is 2.22. The number of aromatic nitrogens is 2. The fraction of sp³-hybridized carbons (Fsp3) is 0.360. The first-order valence-corrected chi connectivity index (χ1v) is 11.9. The van der Waals surface area contributed by atoms with E-state index in [-0.39, 0.29) is 29.7 Å². The molecule has 0 radical (unpaired) electrons. The molecule has 198 valence electrons. The van der Waals surface area contributed by atoms with E-state index in [0.717, 1.165) is 5.56 Å². The predicted octanol–water partition coefficient (Wildman–Crippen LogP) is 1.89. The molecule has 37 heavy (non-hydrogen) atoms. The number of aromatic hydroxyl groups is 2. The summed E-state index contributed by atoms with van der Waals surface area (Å²) < 4.78 is 5.78. The molecule has 3 aromatic rings. The number of carbonyl (C=O) groups is 2. The number of aliphatic carboxylic acids is 1. The second-order valence-electron chi connectivity index (χ2n) is 8.67. The summed E-state index contributed by atoms with van der Waals surface area (Å²) in [6.45, 7) is 0.471. The molecular weight excluding hydrogens is 480 g/mol. The molecule has 0 saturated heterocycles. The van der Waals surface area contributed by atoms with Gasteiger partial charge in [0.15, 0.2) is 0 Å². The number of phenolic OH excluding ortho intramolecular Hbond substituents is 2. The molecule has 9 N–H and O–H groups in total. The van der Waals surface area contributed by atoms with Crippen molar-refractivity contribution in [3.63, 3.8) is 0 Å². The Hall–Kier alpha value is -4.16. The quantitative estimate of drug-likeness (QED) is 0.165. The number of nitrogens with zero attached hydrogens (tertiary/aromatic N) is 2. The van der Waals surface area contributed by atoms with E-state index in [1.165, 1.54) is 12.1 Å². The molecule has 12 nitrogen and oxygen atoms in total. The van der Waals surface area contributed by atoms with Crippen molar-refractivity contribution in [2.45, 2.75) is 50.2 Å². The highest BCUT2D eigenvalue weighted by Gasteiger charge is 2.26. The van der Waals surface area contributed by atoms with Gasteiger partial charge in [-0.1, -0.05) is 24.3 Å². The Morgan fingerprint density at radius 2 is 1.43 bits per heavy atom. The van der Waals surface area contributed by atoms with Crippen molar-refractivity contribution < 1.29 is 29.3 Å². The smallest absolute Gasteiger partial charge is 0.326 e. The number of hydrogen-bond donors (Lipinski definition) is 7. The van der Waals surface area contributed by atoms with Crippen LogP contribution in [0, 0.1) is 0 Å². The number of nitrogens with one attached hydrogen (secondary N) is 2. The van der Waals surface area contributed by atoms with E-state index in [1.54, 1.807) is 36.4 Å². The summed E-state index contributed by atoms with van der Waals surface area (Å²) in [5.74, 6) is -0.666. The third-order valence-corrected chi connectivity index (χ3v) is 5.70. The SMILES string of the molecule is NCCCC[C@H](NC(=O)N[C@@H](Cc1ccc(O)cc1)C(=O)O)c1nnc([C@@H](N)Cc2ccc(O)cc2)o1. The molecule has 0 unspecified atom stereocenters. The second kappa shape index (κ2) is 13.2. The first kappa shape index (κ1) is 27.4. The van der Waals surface area contributed by atoms with Crippen LogP contribution in [-0.2, 0) is 17.6 Å². The largest absolute Gasteiger partial charge is 0.508 e. The van der Waals surface area contributed by atoms with Gasteiger partial charge in [0.1, 0.15) is 23.6 Å². The maximum atomic E-state index is 12.7. The molecule has 0 aliphatic carbocycles. The zero-order valence-corrected chi connectivity index (χ0v) is 20.2. The predicted molar refractivity (Wildman–Crippen MR) is 134 cm³/mol. The fourth-order valence-corrected chi connectivity index (χ4v) is 3.69. The highest BCUT2D eigenvalue weighted by molar-refractivity contribution is 5.82. The molecule has 1 heterocycles. The van der Waals surface area contributed by atoms with E-state index < -0.39 is 30.1 Å². The van der Waals surface area contributed by atoms with Gasteiger partial charge in [0.05, 0.1) is 6.04 Å². The number of unbranched alkanes of at least 4 members (excludes halogenated alkanes) is 1. The van der Waals surface area contributed by atoms with Gasteiger partial charge in [-0.3, -0.25) is 0 Å².